The predicted molar refractivity (Wildman–Crippen MR) is 86.3 cm³/mol. The van der Waals surface area contributed by atoms with Crippen molar-refractivity contribution in [2.24, 2.45) is 10.2 Å². The number of aromatic hydroxyl groups is 2. The number of phenols is 2. The highest BCUT2D eigenvalue weighted by molar-refractivity contribution is 6.32. The number of benzene rings is 2. The predicted octanol–water partition coefficient (Wildman–Crippen LogP) is 5.00. The third kappa shape index (κ3) is 3.24. The summed E-state index contributed by atoms with van der Waals surface area (Å²) in [4.78, 5) is 10.2. The third-order valence-corrected chi connectivity index (χ3v) is 3.78. The van der Waals surface area contributed by atoms with Gasteiger partial charge < -0.3 is 10.2 Å². The molecule has 0 heterocycles. The van der Waals surface area contributed by atoms with E-state index >= 15 is 0 Å². The Morgan fingerprint density at radius 1 is 1.09 bits per heavy atom. The first-order valence-electron chi connectivity index (χ1n) is 6.60. The minimum atomic E-state index is -0.680. The smallest absolute Gasteiger partial charge is 0.290 e. The number of nitro benzene ring substituents is 1. The molecule has 0 aliphatic heterocycles. The molecule has 23 heavy (non-hydrogen) atoms. The van der Waals surface area contributed by atoms with Gasteiger partial charge in [0.15, 0.2) is 0 Å². The topological polar surface area (TPSA) is 108 Å². The van der Waals surface area contributed by atoms with Crippen LogP contribution in [0.4, 0.5) is 17.1 Å². The van der Waals surface area contributed by atoms with Crippen LogP contribution in [-0.4, -0.2) is 15.1 Å². The Kier molecular flexibility index (Phi) is 4.51. The number of azo groups is 1. The number of aryl methyl sites for hydroxylation is 2. The van der Waals surface area contributed by atoms with Crippen LogP contribution in [0.25, 0.3) is 0 Å². The third-order valence-electron chi connectivity index (χ3n) is 3.48. The summed E-state index contributed by atoms with van der Waals surface area (Å²) in [7, 11) is 0. The average Bonchev–Trinajstić information content (AvgIpc) is 2.46. The lowest BCUT2D eigenvalue weighted by atomic mass is 10.0. The summed E-state index contributed by atoms with van der Waals surface area (Å²) >= 11 is 5.69. The second-order valence-corrected chi connectivity index (χ2v) is 5.49. The largest absolute Gasteiger partial charge is 0.506 e. The van der Waals surface area contributed by atoms with Crippen LogP contribution in [0.3, 0.4) is 0 Å². The minimum absolute atomic E-state index is 0.0280. The van der Waals surface area contributed by atoms with E-state index in [4.69, 9.17) is 11.6 Å². The first kappa shape index (κ1) is 16.7. The number of hydrogen-bond acceptors (Lipinski definition) is 6. The molecule has 0 bridgehead atoms. The molecule has 0 amide bonds. The SMILES string of the molecule is Cc1cc(C)c(O)c(N=Nc2cc([N+](=O)[O-])c(Cl)cc2O)c1C. The molecule has 0 atom stereocenters. The van der Waals surface area contributed by atoms with Crippen molar-refractivity contribution in [2.75, 3.05) is 0 Å². The molecule has 0 saturated heterocycles. The van der Waals surface area contributed by atoms with Crippen LogP contribution in [0.1, 0.15) is 16.7 Å². The normalized spacial score (nSPS) is 11.1. The van der Waals surface area contributed by atoms with Gasteiger partial charge in [-0.2, -0.15) is 0 Å². The summed E-state index contributed by atoms with van der Waals surface area (Å²) in [5.41, 5.74) is 2.02. The summed E-state index contributed by atoms with van der Waals surface area (Å²) in [5, 5.41) is 38.3. The molecule has 0 fully saturated rings. The van der Waals surface area contributed by atoms with Crippen molar-refractivity contribution in [3.8, 4) is 11.5 Å². The van der Waals surface area contributed by atoms with Crippen molar-refractivity contribution in [3.05, 3.63) is 50.0 Å². The lowest BCUT2D eigenvalue weighted by Gasteiger charge is -2.09. The highest BCUT2D eigenvalue weighted by Gasteiger charge is 2.17. The molecule has 0 saturated carbocycles. The van der Waals surface area contributed by atoms with E-state index in [1.807, 2.05) is 13.0 Å². The van der Waals surface area contributed by atoms with Gasteiger partial charge in [0.1, 0.15) is 27.9 Å². The number of halogens is 1. The Hall–Kier alpha value is -2.67. The molecule has 2 N–H and O–H groups in total. The van der Waals surface area contributed by atoms with Gasteiger partial charge in [0.2, 0.25) is 0 Å². The van der Waals surface area contributed by atoms with Gasteiger partial charge in [0.05, 0.1) is 4.92 Å². The molecule has 2 rings (SSSR count). The molecule has 0 radical (unpaired) electrons. The maximum Gasteiger partial charge on any atom is 0.290 e. The van der Waals surface area contributed by atoms with Crippen molar-refractivity contribution in [1.29, 1.82) is 0 Å². The van der Waals surface area contributed by atoms with Crippen molar-refractivity contribution >= 4 is 28.7 Å². The van der Waals surface area contributed by atoms with Gasteiger partial charge >= 0.3 is 0 Å². The Labute approximate surface area is 137 Å². The van der Waals surface area contributed by atoms with Crippen LogP contribution in [0.15, 0.2) is 28.4 Å². The zero-order valence-electron chi connectivity index (χ0n) is 12.7. The molecular weight excluding hydrogens is 322 g/mol. The van der Waals surface area contributed by atoms with E-state index in [-0.39, 0.29) is 33.6 Å². The van der Waals surface area contributed by atoms with Gasteiger partial charge in [-0.3, -0.25) is 10.1 Å². The van der Waals surface area contributed by atoms with Crippen molar-refractivity contribution < 1.29 is 15.1 Å². The van der Waals surface area contributed by atoms with Crippen LogP contribution in [-0.2, 0) is 0 Å². The number of nitro groups is 1. The summed E-state index contributed by atoms with van der Waals surface area (Å²) in [5.74, 6) is -0.370. The van der Waals surface area contributed by atoms with Crippen molar-refractivity contribution in [3.63, 3.8) is 0 Å². The number of phenolic OH excluding ortho intramolecular Hbond substituents is 2. The molecule has 2 aromatic carbocycles. The van der Waals surface area contributed by atoms with E-state index in [1.165, 1.54) is 0 Å². The first-order chi connectivity index (χ1) is 10.7. The second-order valence-electron chi connectivity index (χ2n) is 5.08. The standard InChI is InChI=1S/C15H14ClN3O4/c1-7-4-8(2)15(21)14(9(7)3)18-17-11-6-12(19(22)23)10(16)5-13(11)20/h4-6,20-21H,1-3H3. The van der Waals surface area contributed by atoms with E-state index in [2.05, 4.69) is 10.2 Å². The van der Waals surface area contributed by atoms with Crippen LogP contribution >= 0.6 is 11.6 Å². The van der Waals surface area contributed by atoms with Gasteiger partial charge in [0.25, 0.3) is 5.69 Å². The molecular formula is C15H14ClN3O4. The van der Waals surface area contributed by atoms with Crippen LogP contribution in [0.2, 0.25) is 5.02 Å². The van der Waals surface area contributed by atoms with Crippen molar-refractivity contribution in [1.82, 2.24) is 0 Å². The molecule has 0 aromatic heterocycles. The molecule has 120 valence electrons. The van der Waals surface area contributed by atoms with Crippen molar-refractivity contribution in [2.45, 2.75) is 20.8 Å². The number of nitrogens with zero attached hydrogens (tertiary/aromatic N) is 3. The maximum atomic E-state index is 10.9. The van der Waals surface area contributed by atoms with Crippen LogP contribution in [0.5, 0.6) is 11.5 Å². The van der Waals surface area contributed by atoms with Gasteiger partial charge in [0, 0.05) is 12.1 Å². The molecule has 0 spiro atoms. The van der Waals surface area contributed by atoms with E-state index in [9.17, 15) is 20.3 Å². The summed E-state index contributed by atoms with van der Waals surface area (Å²) in [6.45, 7) is 5.36. The lowest BCUT2D eigenvalue weighted by molar-refractivity contribution is -0.384. The molecule has 7 nitrogen and oxygen atoms in total. The Morgan fingerprint density at radius 3 is 2.35 bits per heavy atom. The fourth-order valence-corrected chi connectivity index (χ4v) is 2.27. The molecule has 8 heteroatoms. The molecule has 0 unspecified atom stereocenters. The van der Waals surface area contributed by atoms with E-state index in [1.54, 1.807) is 13.8 Å². The van der Waals surface area contributed by atoms with Gasteiger partial charge in [-0.05, 0) is 37.5 Å². The zero-order chi connectivity index (χ0) is 17.3. The van der Waals surface area contributed by atoms with Gasteiger partial charge in [-0.15, -0.1) is 10.2 Å². The minimum Gasteiger partial charge on any atom is -0.506 e. The zero-order valence-corrected chi connectivity index (χ0v) is 13.4. The summed E-state index contributed by atoms with van der Waals surface area (Å²) in [6, 6.07) is 3.87. The molecule has 0 aliphatic carbocycles. The monoisotopic (exact) mass is 335 g/mol. The van der Waals surface area contributed by atoms with E-state index < -0.39 is 4.92 Å². The Morgan fingerprint density at radius 2 is 1.74 bits per heavy atom. The molecule has 2 aromatic rings. The highest BCUT2D eigenvalue weighted by Crippen LogP contribution is 2.40. The molecule has 0 aliphatic rings. The quantitative estimate of drug-likeness (QED) is 0.467. The average molecular weight is 336 g/mol. The van der Waals surface area contributed by atoms with Gasteiger partial charge in [-0.1, -0.05) is 17.7 Å². The van der Waals surface area contributed by atoms with Gasteiger partial charge in [-0.25, -0.2) is 0 Å². The Balaban J connectivity index is 2.54. The van der Waals surface area contributed by atoms with E-state index in [0.717, 1.165) is 23.3 Å². The summed E-state index contributed by atoms with van der Waals surface area (Å²) in [6.07, 6.45) is 0. The van der Waals surface area contributed by atoms with E-state index in [0.29, 0.717) is 5.56 Å². The second kappa shape index (κ2) is 6.21. The maximum absolute atomic E-state index is 10.9. The summed E-state index contributed by atoms with van der Waals surface area (Å²) < 4.78 is 0. The first-order valence-corrected chi connectivity index (χ1v) is 6.98. The Bertz CT molecular complexity index is 808. The fraction of sp³-hybridized carbons (Fsp3) is 0.200. The number of rotatable bonds is 3. The van der Waals surface area contributed by atoms with Crippen LogP contribution in [0, 0.1) is 30.9 Å². The fourth-order valence-electron chi connectivity index (χ4n) is 2.04. The lowest BCUT2D eigenvalue weighted by Crippen LogP contribution is -1.88. The highest BCUT2D eigenvalue weighted by atomic mass is 35.5. The number of hydrogen-bond donors (Lipinski definition) is 2. The van der Waals surface area contributed by atoms with Crippen LogP contribution < -0.4 is 0 Å².